The Morgan fingerprint density at radius 2 is 2.05 bits per heavy atom. The maximum absolute atomic E-state index is 12.8. The fourth-order valence-corrected chi connectivity index (χ4v) is 2.67. The van der Waals surface area contributed by atoms with Gasteiger partial charge in [0.2, 0.25) is 11.8 Å². The van der Waals surface area contributed by atoms with E-state index in [1.54, 1.807) is 12.1 Å². The number of carboxylic acids is 1. The van der Waals surface area contributed by atoms with Crippen molar-refractivity contribution in [2.45, 2.75) is 38.6 Å². The lowest BCUT2D eigenvalue weighted by Gasteiger charge is -2.32. The van der Waals surface area contributed by atoms with Gasteiger partial charge in [0, 0.05) is 24.7 Å². The van der Waals surface area contributed by atoms with Crippen molar-refractivity contribution in [3.05, 3.63) is 29.8 Å². The minimum Gasteiger partial charge on any atom is -0.481 e. The molecule has 1 aliphatic rings. The van der Waals surface area contributed by atoms with E-state index in [1.807, 2.05) is 26.0 Å². The molecule has 2 N–H and O–H groups in total. The molecular weight excluding hydrogens is 284 g/mol. The van der Waals surface area contributed by atoms with E-state index < -0.39 is 11.9 Å². The summed E-state index contributed by atoms with van der Waals surface area (Å²) in [6, 6.07) is 7.10. The number of rotatable bonds is 5. The Bertz CT molecular complexity index is 598. The molecule has 2 amide bonds. The third kappa shape index (κ3) is 3.44. The first-order valence-corrected chi connectivity index (χ1v) is 7.31. The lowest BCUT2D eigenvalue weighted by molar-refractivity contribution is -0.140. The average Bonchev–Trinajstić information content (AvgIpc) is 2.45. The first-order valence-electron chi connectivity index (χ1n) is 7.31. The summed E-state index contributed by atoms with van der Waals surface area (Å²) in [4.78, 5) is 36.9. The molecule has 0 aromatic heterocycles. The highest BCUT2D eigenvalue weighted by Crippen LogP contribution is 2.33. The summed E-state index contributed by atoms with van der Waals surface area (Å²) in [6.45, 7) is 3.83. The minimum absolute atomic E-state index is 0.0894. The zero-order valence-electron chi connectivity index (χ0n) is 12.7. The number of carbonyl (C=O) groups excluding carboxylic acids is 2. The molecule has 2 rings (SSSR count). The highest BCUT2D eigenvalue weighted by Gasteiger charge is 2.34. The molecule has 0 radical (unpaired) electrons. The lowest BCUT2D eigenvalue weighted by Crippen LogP contribution is -2.43. The van der Waals surface area contributed by atoms with E-state index >= 15 is 0 Å². The van der Waals surface area contributed by atoms with E-state index in [4.69, 9.17) is 5.11 Å². The van der Waals surface area contributed by atoms with Gasteiger partial charge >= 0.3 is 5.97 Å². The predicted octanol–water partition coefficient (Wildman–Crippen LogP) is 1.82. The summed E-state index contributed by atoms with van der Waals surface area (Å²) >= 11 is 0. The van der Waals surface area contributed by atoms with Gasteiger partial charge in [-0.15, -0.1) is 0 Å². The van der Waals surface area contributed by atoms with E-state index in [2.05, 4.69) is 5.32 Å². The van der Waals surface area contributed by atoms with E-state index in [0.717, 1.165) is 5.56 Å². The summed E-state index contributed by atoms with van der Waals surface area (Å²) in [7, 11) is 0. The van der Waals surface area contributed by atoms with Gasteiger partial charge in [-0.1, -0.05) is 18.2 Å². The van der Waals surface area contributed by atoms with Crippen molar-refractivity contribution in [1.29, 1.82) is 0 Å². The summed E-state index contributed by atoms with van der Waals surface area (Å²) in [6.07, 6.45) is -0.0172. The van der Waals surface area contributed by atoms with Crippen LogP contribution in [0.4, 0.5) is 5.69 Å². The maximum Gasteiger partial charge on any atom is 0.305 e. The fourth-order valence-electron chi connectivity index (χ4n) is 2.67. The van der Waals surface area contributed by atoms with Crippen molar-refractivity contribution < 1.29 is 19.5 Å². The van der Waals surface area contributed by atoms with Gasteiger partial charge in [0.05, 0.1) is 12.3 Å². The van der Waals surface area contributed by atoms with Gasteiger partial charge < -0.3 is 15.3 Å². The number of carboxylic acid groups (broad SMARTS) is 1. The number of nitrogens with one attached hydrogen (secondary N) is 1. The van der Waals surface area contributed by atoms with E-state index in [0.29, 0.717) is 5.69 Å². The molecule has 0 fully saturated rings. The SMILES string of the molecule is CC(C)N(CCC(=O)O)C(=O)C1CC(=O)Nc2ccccc21. The molecule has 6 nitrogen and oxygen atoms in total. The monoisotopic (exact) mass is 304 g/mol. The van der Waals surface area contributed by atoms with Crippen LogP contribution >= 0.6 is 0 Å². The Hall–Kier alpha value is -2.37. The van der Waals surface area contributed by atoms with Crippen molar-refractivity contribution in [3.8, 4) is 0 Å². The van der Waals surface area contributed by atoms with Gasteiger partial charge in [0.25, 0.3) is 0 Å². The van der Waals surface area contributed by atoms with Crippen molar-refractivity contribution in [1.82, 2.24) is 4.90 Å². The summed E-state index contributed by atoms with van der Waals surface area (Å²) in [5.41, 5.74) is 1.44. The number of para-hydroxylation sites is 1. The van der Waals surface area contributed by atoms with Gasteiger partial charge in [-0.25, -0.2) is 0 Å². The zero-order valence-corrected chi connectivity index (χ0v) is 12.7. The van der Waals surface area contributed by atoms with E-state index in [-0.39, 0.29) is 37.2 Å². The zero-order chi connectivity index (χ0) is 16.3. The molecule has 1 aromatic carbocycles. The van der Waals surface area contributed by atoms with Crippen LogP contribution in [0.15, 0.2) is 24.3 Å². The maximum atomic E-state index is 12.8. The number of nitrogens with zero attached hydrogens (tertiary/aromatic N) is 1. The molecule has 0 saturated heterocycles. The van der Waals surface area contributed by atoms with Gasteiger partial charge in [-0.3, -0.25) is 14.4 Å². The van der Waals surface area contributed by atoms with Crippen LogP contribution in [0.3, 0.4) is 0 Å². The molecule has 22 heavy (non-hydrogen) atoms. The molecule has 1 unspecified atom stereocenters. The second kappa shape index (κ2) is 6.60. The third-order valence-corrected chi connectivity index (χ3v) is 3.77. The van der Waals surface area contributed by atoms with Crippen LogP contribution in [0.2, 0.25) is 0 Å². The Morgan fingerprint density at radius 1 is 1.36 bits per heavy atom. The second-order valence-corrected chi connectivity index (χ2v) is 5.66. The van der Waals surface area contributed by atoms with Gasteiger partial charge in [-0.2, -0.15) is 0 Å². The molecule has 118 valence electrons. The summed E-state index contributed by atoms with van der Waals surface area (Å²) < 4.78 is 0. The number of hydrogen-bond acceptors (Lipinski definition) is 3. The Labute approximate surface area is 129 Å². The molecule has 0 aliphatic carbocycles. The predicted molar refractivity (Wildman–Crippen MR) is 81.5 cm³/mol. The quantitative estimate of drug-likeness (QED) is 0.868. The van der Waals surface area contributed by atoms with E-state index in [9.17, 15) is 14.4 Å². The normalized spacial score (nSPS) is 16.9. The van der Waals surface area contributed by atoms with Crippen LogP contribution in [0.1, 0.15) is 38.2 Å². The van der Waals surface area contributed by atoms with Crippen molar-refractivity contribution in [2.24, 2.45) is 0 Å². The molecule has 0 spiro atoms. The molecule has 1 heterocycles. The van der Waals surface area contributed by atoms with Crippen LogP contribution in [-0.2, 0) is 14.4 Å². The standard InChI is InChI=1S/C16H20N2O4/c1-10(2)18(8-7-15(20)21)16(22)12-9-14(19)17-13-6-4-3-5-11(12)13/h3-6,10,12H,7-9H2,1-2H3,(H,17,19)(H,20,21). The molecule has 0 saturated carbocycles. The second-order valence-electron chi connectivity index (χ2n) is 5.66. The van der Waals surface area contributed by atoms with Crippen LogP contribution in [0.5, 0.6) is 0 Å². The number of amides is 2. The molecule has 1 aromatic rings. The fraction of sp³-hybridized carbons (Fsp3) is 0.438. The van der Waals surface area contributed by atoms with Crippen molar-refractivity contribution in [3.63, 3.8) is 0 Å². The van der Waals surface area contributed by atoms with Crippen LogP contribution in [0, 0.1) is 0 Å². The molecule has 0 bridgehead atoms. The number of carbonyl (C=O) groups is 3. The Kier molecular flexibility index (Phi) is 4.80. The molecule has 6 heteroatoms. The smallest absolute Gasteiger partial charge is 0.305 e. The van der Waals surface area contributed by atoms with Crippen LogP contribution in [-0.4, -0.2) is 40.4 Å². The number of hydrogen-bond donors (Lipinski definition) is 2. The lowest BCUT2D eigenvalue weighted by atomic mass is 9.89. The highest BCUT2D eigenvalue weighted by molar-refractivity contribution is 6.01. The van der Waals surface area contributed by atoms with Gasteiger partial charge in [-0.05, 0) is 25.5 Å². The number of fused-ring (bicyclic) bond motifs is 1. The molecule has 1 aliphatic heterocycles. The third-order valence-electron chi connectivity index (χ3n) is 3.77. The number of aliphatic carboxylic acids is 1. The first-order chi connectivity index (χ1) is 10.4. The largest absolute Gasteiger partial charge is 0.481 e. The van der Waals surface area contributed by atoms with Crippen molar-refractivity contribution >= 4 is 23.5 Å². The first kappa shape index (κ1) is 16.0. The Balaban J connectivity index is 2.26. The average molecular weight is 304 g/mol. The van der Waals surface area contributed by atoms with Gasteiger partial charge in [0.1, 0.15) is 0 Å². The summed E-state index contributed by atoms with van der Waals surface area (Å²) in [5, 5.41) is 11.6. The Morgan fingerprint density at radius 3 is 2.68 bits per heavy atom. The number of anilines is 1. The van der Waals surface area contributed by atoms with Gasteiger partial charge in [0.15, 0.2) is 0 Å². The number of benzene rings is 1. The topological polar surface area (TPSA) is 86.7 Å². The van der Waals surface area contributed by atoms with Crippen LogP contribution < -0.4 is 5.32 Å². The van der Waals surface area contributed by atoms with Crippen LogP contribution in [0.25, 0.3) is 0 Å². The highest BCUT2D eigenvalue weighted by atomic mass is 16.4. The summed E-state index contributed by atoms with van der Waals surface area (Å²) in [5.74, 6) is -1.89. The minimum atomic E-state index is -0.944. The molecule has 1 atom stereocenters. The van der Waals surface area contributed by atoms with E-state index in [1.165, 1.54) is 4.90 Å². The van der Waals surface area contributed by atoms with Crippen molar-refractivity contribution in [2.75, 3.05) is 11.9 Å². The molecular formula is C16H20N2O4.